The SMILES string of the molecule is CCc1cnc(CNC(=O)c2cc(NC)ncc2Cl)o1. The van der Waals surface area contributed by atoms with Gasteiger partial charge in [0, 0.05) is 19.7 Å². The summed E-state index contributed by atoms with van der Waals surface area (Å²) in [5, 5.41) is 5.86. The van der Waals surface area contributed by atoms with Gasteiger partial charge in [0.25, 0.3) is 5.91 Å². The number of nitrogens with one attached hydrogen (secondary N) is 2. The first kappa shape index (κ1) is 14.3. The van der Waals surface area contributed by atoms with Crippen LogP contribution in [0, 0.1) is 0 Å². The number of carbonyl (C=O) groups is 1. The Morgan fingerprint density at radius 2 is 2.20 bits per heavy atom. The average Bonchev–Trinajstić information content (AvgIpc) is 2.93. The molecule has 0 atom stereocenters. The van der Waals surface area contributed by atoms with Crippen LogP contribution in [0.15, 0.2) is 22.9 Å². The van der Waals surface area contributed by atoms with E-state index >= 15 is 0 Å². The fraction of sp³-hybridized carbons (Fsp3) is 0.308. The van der Waals surface area contributed by atoms with Gasteiger partial charge in [-0.2, -0.15) is 0 Å². The Morgan fingerprint density at radius 1 is 1.40 bits per heavy atom. The molecule has 2 heterocycles. The molecule has 106 valence electrons. The number of oxazole rings is 1. The van der Waals surface area contributed by atoms with Gasteiger partial charge in [0.15, 0.2) is 0 Å². The van der Waals surface area contributed by atoms with Gasteiger partial charge in [0.05, 0.1) is 23.3 Å². The average molecular weight is 295 g/mol. The molecule has 0 radical (unpaired) electrons. The number of hydrogen-bond acceptors (Lipinski definition) is 5. The maximum atomic E-state index is 12.1. The van der Waals surface area contributed by atoms with Gasteiger partial charge in [-0.25, -0.2) is 9.97 Å². The Bertz CT molecular complexity index is 612. The van der Waals surface area contributed by atoms with Crippen molar-refractivity contribution < 1.29 is 9.21 Å². The monoisotopic (exact) mass is 294 g/mol. The lowest BCUT2D eigenvalue weighted by Gasteiger charge is -2.06. The highest BCUT2D eigenvalue weighted by Gasteiger charge is 2.13. The molecule has 2 N–H and O–H groups in total. The van der Waals surface area contributed by atoms with Crippen molar-refractivity contribution in [3.8, 4) is 0 Å². The number of aromatic nitrogens is 2. The lowest BCUT2D eigenvalue weighted by atomic mass is 10.2. The second-order valence-electron chi connectivity index (χ2n) is 4.06. The Labute approximate surface area is 121 Å². The van der Waals surface area contributed by atoms with E-state index in [1.165, 1.54) is 6.20 Å². The van der Waals surface area contributed by atoms with Crippen LogP contribution in [0.3, 0.4) is 0 Å². The molecule has 0 bridgehead atoms. The summed E-state index contributed by atoms with van der Waals surface area (Å²) in [4.78, 5) is 20.2. The summed E-state index contributed by atoms with van der Waals surface area (Å²) >= 11 is 5.97. The van der Waals surface area contributed by atoms with Gasteiger partial charge in [-0.15, -0.1) is 0 Å². The standard InChI is InChI=1S/C13H15ClN4O2/c1-3-8-5-17-12(20-8)7-18-13(19)9-4-11(15-2)16-6-10(9)14/h4-6H,3,7H2,1-2H3,(H,15,16)(H,18,19). The zero-order chi connectivity index (χ0) is 14.5. The van der Waals surface area contributed by atoms with Crippen LogP contribution in [-0.2, 0) is 13.0 Å². The molecular weight excluding hydrogens is 280 g/mol. The molecule has 20 heavy (non-hydrogen) atoms. The van der Waals surface area contributed by atoms with Crippen LogP contribution in [0.4, 0.5) is 5.82 Å². The van der Waals surface area contributed by atoms with Crippen LogP contribution in [0.2, 0.25) is 5.02 Å². The van der Waals surface area contributed by atoms with E-state index in [2.05, 4.69) is 20.6 Å². The van der Waals surface area contributed by atoms with Gasteiger partial charge in [0.1, 0.15) is 11.6 Å². The van der Waals surface area contributed by atoms with E-state index in [0.717, 1.165) is 12.2 Å². The largest absolute Gasteiger partial charge is 0.444 e. The third-order valence-electron chi connectivity index (χ3n) is 2.71. The van der Waals surface area contributed by atoms with E-state index < -0.39 is 0 Å². The second kappa shape index (κ2) is 6.38. The number of amides is 1. The molecule has 0 aromatic carbocycles. The Kier molecular flexibility index (Phi) is 4.57. The van der Waals surface area contributed by atoms with Gasteiger partial charge in [-0.1, -0.05) is 18.5 Å². The van der Waals surface area contributed by atoms with Crippen molar-refractivity contribution in [2.24, 2.45) is 0 Å². The van der Waals surface area contributed by atoms with Crippen LogP contribution in [-0.4, -0.2) is 22.9 Å². The molecule has 0 saturated carbocycles. The smallest absolute Gasteiger partial charge is 0.253 e. The van der Waals surface area contributed by atoms with E-state index in [1.54, 1.807) is 19.3 Å². The quantitative estimate of drug-likeness (QED) is 0.884. The minimum Gasteiger partial charge on any atom is -0.444 e. The van der Waals surface area contributed by atoms with Crippen LogP contribution < -0.4 is 10.6 Å². The van der Waals surface area contributed by atoms with Gasteiger partial charge in [-0.3, -0.25) is 4.79 Å². The number of pyridine rings is 1. The maximum Gasteiger partial charge on any atom is 0.253 e. The molecule has 2 aromatic rings. The molecule has 7 heteroatoms. The Hall–Kier alpha value is -2.08. The van der Waals surface area contributed by atoms with Gasteiger partial charge >= 0.3 is 0 Å². The number of nitrogens with zero attached hydrogens (tertiary/aromatic N) is 2. The number of aryl methyl sites for hydroxylation is 1. The first-order valence-electron chi connectivity index (χ1n) is 6.19. The van der Waals surface area contributed by atoms with Crippen LogP contribution in [0.5, 0.6) is 0 Å². The molecule has 0 spiro atoms. The molecular formula is C13H15ClN4O2. The van der Waals surface area contributed by atoms with Gasteiger partial charge in [-0.05, 0) is 6.07 Å². The third-order valence-corrected chi connectivity index (χ3v) is 3.01. The predicted molar refractivity (Wildman–Crippen MR) is 75.8 cm³/mol. The van der Waals surface area contributed by atoms with E-state index in [4.69, 9.17) is 16.0 Å². The zero-order valence-corrected chi connectivity index (χ0v) is 12.0. The van der Waals surface area contributed by atoms with Crippen molar-refractivity contribution in [2.45, 2.75) is 19.9 Å². The number of halogens is 1. The fourth-order valence-corrected chi connectivity index (χ4v) is 1.78. The highest BCUT2D eigenvalue weighted by Crippen LogP contribution is 2.17. The van der Waals surface area contributed by atoms with Crippen molar-refractivity contribution in [1.82, 2.24) is 15.3 Å². The van der Waals surface area contributed by atoms with Crippen molar-refractivity contribution >= 4 is 23.3 Å². The topological polar surface area (TPSA) is 80.0 Å². The van der Waals surface area contributed by atoms with E-state index in [1.807, 2.05) is 6.92 Å². The lowest BCUT2D eigenvalue weighted by Crippen LogP contribution is -2.23. The number of carbonyl (C=O) groups excluding carboxylic acids is 1. The minimum atomic E-state index is -0.301. The van der Waals surface area contributed by atoms with Crippen LogP contribution >= 0.6 is 11.6 Å². The molecule has 1 amide bonds. The van der Waals surface area contributed by atoms with E-state index in [-0.39, 0.29) is 12.5 Å². The molecule has 0 fully saturated rings. The Balaban J connectivity index is 2.04. The molecule has 0 aliphatic heterocycles. The highest BCUT2D eigenvalue weighted by atomic mass is 35.5. The summed E-state index contributed by atoms with van der Waals surface area (Å²) in [6, 6.07) is 1.59. The molecule has 2 aromatic heterocycles. The van der Waals surface area contributed by atoms with Crippen molar-refractivity contribution in [3.63, 3.8) is 0 Å². The molecule has 0 aliphatic carbocycles. The summed E-state index contributed by atoms with van der Waals surface area (Å²) in [7, 11) is 1.72. The van der Waals surface area contributed by atoms with Crippen LogP contribution in [0.25, 0.3) is 0 Å². The number of rotatable bonds is 5. The van der Waals surface area contributed by atoms with Gasteiger partial charge < -0.3 is 15.1 Å². The minimum absolute atomic E-state index is 0.215. The Morgan fingerprint density at radius 3 is 2.85 bits per heavy atom. The second-order valence-corrected chi connectivity index (χ2v) is 4.46. The summed E-state index contributed by atoms with van der Waals surface area (Å²) in [5.74, 6) is 1.52. The fourth-order valence-electron chi connectivity index (χ4n) is 1.59. The summed E-state index contributed by atoms with van der Waals surface area (Å²) in [5.41, 5.74) is 0.355. The molecule has 2 rings (SSSR count). The molecule has 0 saturated heterocycles. The molecule has 6 nitrogen and oxygen atoms in total. The summed E-state index contributed by atoms with van der Waals surface area (Å²) < 4.78 is 5.41. The first-order chi connectivity index (χ1) is 9.63. The predicted octanol–water partition coefficient (Wildman–Crippen LogP) is 2.26. The third kappa shape index (κ3) is 3.27. The number of anilines is 1. The lowest BCUT2D eigenvalue weighted by molar-refractivity contribution is 0.0947. The molecule has 0 aliphatic rings. The van der Waals surface area contributed by atoms with E-state index in [9.17, 15) is 4.79 Å². The van der Waals surface area contributed by atoms with Crippen molar-refractivity contribution in [3.05, 3.63) is 40.7 Å². The van der Waals surface area contributed by atoms with E-state index in [0.29, 0.717) is 22.3 Å². The van der Waals surface area contributed by atoms with Crippen LogP contribution in [0.1, 0.15) is 28.9 Å². The summed E-state index contributed by atoms with van der Waals surface area (Å²) in [6.45, 7) is 2.19. The number of hydrogen-bond donors (Lipinski definition) is 2. The maximum absolute atomic E-state index is 12.1. The van der Waals surface area contributed by atoms with Crippen molar-refractivity contribution in [1.29, 1.82) is 0 Å². The van der Waals surface area contributed by atoms with Crippen molar-refractivity contribution in [2.75, 3.05) is 12.4 Å². The van der Waals surface area contributed by atoms with Gasteiger partial charge in [0.2, 0.25) is 5.89 Å². The summed E-state index contributed by atoms with van der Waals surface area (Å²) in [6.07, 6.45) is 3.85. The normalized spacial score (nSPS) is 10.3. The first-order valence-corrected chi connectivity index (χ1v) is 6.57. The highest BCUT2D eigenvalue weighted by molar-refractivity contribution is 6.33. The zero-order valence-electron chi connectivity index (χ0n) is 11.2. The molecule has 0 unspecified atom stereocenters.